The minimum absolute atomic E-state index is 0.158. The molecule has 0 spiro atoms. The standard InChI is InChI=1S/C31H45N3O7S3/c1-6-8-15-43-44-19-24-30(38)34-28(20(3)7-2)25(41-31(39)22-12-10-9-11-13-22)18-27(36)40-21(4)17-26(35)32-23(14-16-42-5)29(37)33-24/h6,9-13,20-21,23-25,28H,1,7-8,14-19H2,2-5H3,(H,32,35)(H,33,37)(H,34,38)/t20?,21-,23-,24-,25+,28-/m1/s1. The number of rotatable bonds is 13. The zero-order chi connectivity index (χ0) is 32.5. The van der Waals surface area contributed by atoms with Crippen LogP contribution in [0.25, 0.3) is 0 Å². The number of nitrogens with one attached hydrogen (secondary N) is 3. The van der Waals surface area contributed by atoms with Crippen LogP contribution < -0.4 is 16.0 Å². The van der Waals surface area contributed by atoms with Gasteiger partial charge in [-0.05, 0) is 49.8 Å². The number of cyclic esters (lactones) is 1. The molecule has 244 valence electrons. The molecule has 1 aliphatic rings. The summed E-state index contributed by atoms with van der Waals surface area (Å²) >= 11 is 1.53. The van der Waals surface area contributed by atoms with E-state index < -0.39 is 60.0 Å². The number of benzene rings is 1. The van der Waals surface area contributed by atoms with E-state index in [-0.39, 0.29) is 24.5 Å². The highest BCUT2D eigenvalue weighted by Gasteiger charge is 2.36. The Morgan fingerprint density at radius 3 is 2.41 bits per heavy atom. The first kappa shape index (κ1) is 37.5. The second-order valence-corrected chi connectivity index (χ2v) is 14.2. The maximum atomic E-state index is 13.9. The van der Waals surface area contributed by atoms with E-state index in [1.54, 1.807) is 48.0 Å². The molecule has 44 heavy (non-hydrogen) atoms. The number of carbonyl (C=O) groups is 5. The highest BCUT2D eigenvalue weighted by Crippen LogP contribution is 2.24. The van der Waals surface area contributed by atoms with Crippen molar-refractivity contribution in [2.75, 3.05) is 23.5 Å². The quantitative estimate of drug-likeness (QED) is 0.122. The Balaban J connectivity index is 2.47. The van der Waals surface area contributed by atoms with Crippen LogP contribution in [0.4, 0.5) is 0 Å². The molecule has 6 atom stereocenters. The Morgan fingerprint density at radius 1 is 1.05 bits per heavy atom. The second kappa shape index (κ2) is 20.4. The molecule has 0 bridgehead atoms. The van der Waals surface area contributed by atoms with Crippen molar-refractivity contribution in [2.45, 2.75) is 83.2 Å². The van der Waals surface area contributed by atoms with E-state index in [1.807, 2.05) is 26.2 Å². The van der Waals surface area contributed by atoms with Crippen molar-refractivity contribution < 1.29 is 33.4 Å². The van der Waals surface area contributed by atoms with Gasteiger partial charge in [-0.3, -0.25) is 19.2 Å². The number of hydrogen-bond acceptors (Lipinski definition) is 10. The average Bonchev–Trinajstić information content (AvgIpc) is 3.00. The molecule has 1 heterocycles. The monoisotopic (exact) mass is 667 g/mol. The number of amides is 3. The SMILES string of the molecule is C=CCCSSC[C@H]1NC(=O)[C@@H](CCSC)NC(=O)C[C@@H](C)OC(=O)C[C@H](OC(=O)c2ccccc2)[C@@H](C(C)CC)NC1=O. The Hall–Kier alpha value is -2.64. The molecule has 0 aliphatic carbocycles. The Bertz CT molecular complexity index is 1110. The van der Waals surface area contributed by atoms with E-state index >= 15 is 0 Å². The molecule has 3 amide bonds. The van der Waals surface area contributed by atoms with Crippen molar-refractivity contribution in [1.29, 1.82) is 0 Å². The lowest BCUT2D eigenvalue weighted by molar-refractivity contribution is -0.152. The Labute approximate surface area is 272 Å². The van der Waals surface area contributed by atoms with E-state index in [2.05, 4.69) is 22.5 Å². The number of esters is 2. The minimum atomic E-state index is -1.07. The predicted molar refractivity (Wildman–Crippen MR) is 178 cm³/mol. The number of ether oxygens (including phenoxy) is 2. The second-order valence-electron chi connectivity index (χ2n) is 10.6. The Kier molecular flexibility index (Phi) is 17.4. The van der Waals surface area contributed by atoms with E-state index in [1.165, 1.54) is 22.6 Å². The lowest BCUT2D eigenvalue weighted by Crippen LogP contribution is -2.58. The Morgan fingerprint density at radius 2 is 1.75 bits per heavy atom. The highest BCUT2D eigenvalue weighted by molar-refractivity contribution is 8.76. The zero-order valence-electron chi connectivity index (χ0n) is 25.9. The summed E-state index contributed by atoms with van der Waals surface area (Å²) < 4.78 is 11.4. The van der Waals surface area contributed by atoms with Gasteiger partial charge < -0.3 is 25.4 Å². The van der Waals surface area contributed by atoms with Gasteiger partial charge in [0, 0.05) is 11.5 Å². The summed E-state index contributed by atoms with van der Waals surface area (Å²) in [6, 6.07) is 5.78. The summed E-state index contributed by atoms with van der Waals surface area (Å²) in [5.41, 5.74) is 0.297. The van der Waals surface area contributed by atoms with Crippen LogP contribution in [0, 0.1) is 5.92 Å². The van der Waals surface area contributed by atoms with Gasteiger partial charge in [0.05, 0.1) is 24.4 Å². The van der Waals surface area contributed by atoms with Crippen LogP contribution in [0.15, 0.2) is 43.0 Å². The number of carbonyl (C=O) groups excluding carboxylic acids is 5. The first-order valence-electron chi connectivity index (χ1n) is 14.8. The third kappa shape index (κ3) is 13.2. The van der Waals surface area contributed by atoms with Crippen LogP contribution in [0.5, 0.6) is 0 Å². The van der Waals surface area contributed by atoms with Gasteiger partial charge in [-0.15, -0.1) is 6.58 Å². The van der Waals surface area contributed by atoms with Crippen molar-refractivity contribution in [3.63, 3.8) is 0 Å². The molecule has 13 heteroatoms. The van der Waals surface area contributed by atoms with Gasteiger partial charge in [0.1, 0.15) is 24.3 Å². The maximum Gasteiger partial charge on any atom is 0.338 e. The van der Waals surface area contributed by atoms with Crippen molar-refractivity contribution in [1.82, 2.24) is 16.0 Å². The molecule has 1 fully saturated rings. The van der Waals surface area contributed by atoms with E-state index in [9.17, 15) is 24.0 Å². The van der Waals surface area contributed by atoms with E-state index in [0.717, 1.165) is 12.2 Å². The number of hydrogen-bond donors (Lipinski definition) is 3. The summed E-state index contributed by atoms with van der Waals surface area (Å²) in [6.45, 7) is 9.14. The summed E-state index contributed by atoms with van der Waals surface area (Å²) in [5.74, 6) is -1.29. The molecular weight excluding hydrogens is 623 g/mol. The van der Waals surface area contributed by atoms with Gasteiger partial charge in [-0.2, -0.15) is 11.8 Å². The van der Waals surface area contributed by atoms with Crippen molar-refractivity contribution in [3.05, 3.63) is 48.6 Å². The molecule has 0 radical (unpaired) electrons. The number of allylic oxidation sites excluding steroid dienone is 1. The van der Waals surface area contributed by atoms with Crippen LogP contribution in [-0.4, -0.2) is 83.5 Å². The smallest absolute Gasteiger partial charge is 0.338 e. The fraction of sp³-hybridized carbons (Fsp3) is 0.581. The molecule has 10 nitrogen and oxygen atoms in total. The maximum absolute atomic E-state index is 13.9. The summed E-state index contributed by atoms with van der Waals surface area (Å²) in [5, 5.41) is 8.59. The molecule has 0 saturated carbocycles. The van der Waals surface area contributed by atoms with E-state index in [4.69, 9.17) is 9.47 Å². The molecule has 1 aliphatic heterocycles. The average molecular weight is 668 g/mol. The number of thioether (sulfide) groups is 1. The van der Waals surface area contributed by atoms with Gasteiger partial charge in [0.25, 0.3) is 0 Å². The van der Waals surface area contributed by atoms with Crippen molar-refractivity contribution >= 4 is 63.0 Å². The lowest BCUT2D eigenvalue weighted by atomic mass is 9.92. The molecule has 1 aromatic rings. The van der Waals surface area contributed by atoms with Gasteiger partial charge in [-0.1, -0.05) is 66.1 Å². The van der Waals surface area contributed by atoms with Crippen LogP contribution in [0.1, 0.15) is 63.2 Å². The van der Waals surface area contributed by atoms with Crippen LogP contribution in [0.3, 0.4) is 0 Å². The van der Waals surface area contributed by atoms with Crippen molar-refractivity contribution in [2.24, 2.45) is 5.92 Å². The summed E-state index contributed by atoms with van der Waals surface area (Å²) in [7, 11) is 3.00. The zero-order valence-corrected chi connectivity index (χ0v) is 28.3. The van der Waals surface area contributed by atoms with Crippen LogP contribution in [0.2, 0.25) is 0 Å². The third-order valence-electron chi connectivity index (χ3n) is 7.03. The lowest BCUT2D eigenvalue weighted by Gasteiger charge is -2.33. The molecular formula is C31H45N3O7S3. The normalized spacial score (nSPS) is 24.4. The molecule has 1 unspecified atom stereocenters. The van der Waals surface area contributed by atoms with Gasteiger partial charge >= 0.3 is 11.9 Å². The van der Waals surface area contributed by atoms with E-state index in [0.29, 0.717) is 24.2 Å². The molecule has 2 rings (SSSR count). The fourth-order valence-corrected chi connectivity index (χ4v) is 7.06. The summed E-state index contributed by atoms with van der Waals surface area (Å²) in [6.07, 6.45) is 3.11. The molecule has 3 N–H and O–H groups in total. The van der Waals surface area contributed by atoms with Gasteiger partial charge in [-0.25, -0.2) is 4.79 Å². The van der Waals surface area contributed by atoms with Gasteiger partial charge in [0.15, 0.2) is 0 Å². The van der Waals surface area contributed by atoms with Gasteiger partial charge in [0.2, 0.25) is 17.7 Å². The molecule has 1 aromatic carbocycles. The minimum Gasteiger partial charge on any atom is -0.462 e. The van der Waals surface area contributed by atoms with Crippen LogP contribution in [-0.2, 0) is 28.7 Å². The van der Waals surface area contributed by atoms with Crippen LogP contribution >= 0.6 is 33.3 Å². The first-order valence-corrected chi connectivity index (χ1v) is 18.7. The molecule has 0 aromatic heterocycles. The predicted octanol–water partition coefficient (Wildman–Crippen LogP) is 4.15. The third-order valence-corrected chi connectivity index (χ3v) is 10.1. The largest absolute Gasteiger partial charge is 0.462 e. The summed E-state index contributed by atoms with van der Waals surface area (Å²) in [4.78, 5) is 66.4. The fourth-order valence-electron chi connectivity index (χ4n) is 4.40. The first-order chi connectivity index (χ1) is 21.1. The topological polar surface area (TPSA) is 140 Å². The van der Waals surface area contributed by atoms with Crippen molar-refractivity contribution in [3.8, 4) is 0 Å². The highest BCUT2D eigenvalue weighted by atomic mass is 33.1. The molecule has 1 saturated heterocycles.